The lowest BCUT2D eigenvalue weighted by atomic mass is 9.75. The second-order valence-electron chi connectivity index (χ2n) is 7.85. The largest absolute Gasteiger partial charge is 0.385 e. The molecule has 4 heteroatoms. The Labute approximate surface area is 159 Å². The van der Waals surface area contributed by atoms with Crippen LogP contribution in [0.25, 0.3) is 10.8 Å². The summed E-state index contributed by atoms with van der Waals surface area (Å²) >= 11 is 0. The molecule has 2 aromatic carbocycles. The van der Waals surface area contributed by atoms with Gasteiger partial charge in [0.1, 0.15) is 0 Å². The number of morpholine rings is 1. The van der Waals surface area contributed by atoms with Crippen molar-refractivity contribution in [3.05, 3.63) is 78.1 Å². The average Bonchev–Trinajstić information content (AvgIpc) is 2.69. The average molecular weight is 360 g/mol. The van der Waals surface area contributed by atoms with Gasteiger partial charge < -0.3 is 9.84 Å². The van der Waals surface area contributed by atoms with Gasteiger partial charge in [0.2, 0.25) is 0 Å². The predicted octanol–water partition coefficient (Wildman–Crippen LogP) is 3.49. The van der Waals surface area contributed by atoms with E-state index in [1.165, 1.54) is 5.56 Å². The van der Waals surface area contributed by atoms with E-state index in [0.29, 0.717) is 26.1 Å². The minimum Gasteiger partial charge on any atom is -0.385 e. The number of hydrogen-bond acceptors (Lipinski definition) is 4. The first kappa shape index (κ1) is 16.9. The first-order valence-electron chi connectivity index (χ1n) is 9.66. The van der Waals surface area contributed by atoms with Crippen molar-refractivity contribution in [2.45, 2.75) is 37.1 Å². The molecule has 0 aliphatic carbocycles. The summed E-state index contributed by atoms with van der Waals surface area (Å²) in [6, 6.07) is 19.2. The Morgan fingerprint density at radius 1 is 1.00 bits per heavy atom. The molecular weight excluding hydrogens is 336 g/mol. The molecule has 0 spiro atoms. The fourth-order valence-corrected chi connectivity index (χ4v) is 4.85. The van der Waals surface area contributed by atoms with Gasteiger partial charge in [-0.1, -0.05) is 48.5 Å². The Hall–Kier alpha value is -2.27. The van der Waals surface area contributed by atoms with E-state index in [9.17, 15) is 5.11 Å². The summed E-state index contributed by atoms with van der Waals surface area (Å²) in [6.07, 6.45) is 5.07. The van der Waals surface area contributed by atoms with Gasteiger partial charge in [-0.2, -0.15) is 0 Å². The molecule has 3 heterocycles. The fourth-order valence-electron chi connectivity index (χ4n) is 4.85. The van der Waals surface area contributed by atoms with Crippen LogP contribution in [0.3, 0.4) is 0 Å². The monoisotopic (exact) mass is 360 g/mol. The molecule has 2 aliphatic heterocycles. The van der Waals surface area contributed by atoms with Crippen LogP contribution in [0.5, 0.6) is 0 Å². The second-order valence-corrected chi connectivity index (χ2v) is 7.85. The Bertz CT molecular complexity index is 924. The third kappa shape index (κ3) is 3.04. The number of pyridine rings is 1. The SMILES string of the molecule is OC1(c2cccc3cnccc23)CC2COCC(C1)N2Cc1ccccc1. The standard InChI is InChI=1S/C23H24N2O2/c26-23(22-8-4-7-18-13-24-10-9-21(18)22)11-19-15-27-16-20(12-23)25(19)14-17-5-2-1-3-6-17/h1-10,13,19-20,26H,11-12,14-16H2. The van der Waals surface area contributed by atoms with Crippen LogP contribution in [0, 0.1) is 0 Å². The summed E-state index contributed by atoms with van der Waals surface area (Å²) in [5.74, 6) is 0. The molecule has 2 fully saturated rings. The Balaban J connectivity index is 1.48. The molecule has 138 valence electrons. The summed E-state index contributed by atoms with van der Waals surface area (Å²) in [6.45, 7) is 2.27. The number of rotatable bonds is 3. The van der Waals surface area contributed by atoms with Crippen LogP contribution in [0.4, 0.5) is 0 Å². The Morgan fingerprint density at radius 2 is 1.78 bits per heavy atom. The summed E-state index contributed by atoms with van der Waals surface area (Å²) in [5, 5.41) is 13.9. The van der Waals surface area contributed by atoms with Gasteiger partial charge in [0.25, 0.3) is 0 Å². The van der Waals surface area contributed by atoms with Crippen molar-refractivity contribution < 1.29 is 9.84 Å². The van der Waals surface area contributed by atoms with Crippen LogP contribution in [0.2, 0.25) is 0 Å². The van der Waals surface area contributed by atoms with Crippen molar-refractivity contribution in [2.24, 2.45) is 0 Å². The number of aromatic nitrogens is 1. The highest BCUT2D eigenvalue weighted by Gasteiger charge is 2.47. The molecule has 0 radical (unpaired) electrons. The smallest absolute Gasteiger partial charge is 0.0934 e. The molecule has 0 saturated carbocycles. The van der Waals surface area contributed by atoms with Crippen molar-refractivity contribution >= 4 is 10.8 Å². The van der Waals surface area contributed by atoms with Gasteiger partial charge in [-0.05, 0) is 35.4 Å². The number of benzene rings is 2. The highest BCUT2D eigenvalue weighted by atomic mass is 16.5. The molecule has 1 aromatic heterocycles. The number of hydrogen-bond donors (Lipinski definition) is 1. The van der Waals surface area contributed by atoms with E-state index in [0.717, 1.165) is 22.9 Å². The van der Waals surface area contributed by atoms with Crippen LogP contribution in [-0.4, -0.2) is 40.3 Å². The van der Waals surface area contributed by atoms with Gasteiger partial charge in [-0.25, -0.2) is 0 Å². The topological polar surface area (TPSA) is 45.6 Å². The van der Waals surface area contributed by atoms with E-state index >= 15 is 0 Å². The lowest BCUT2D eigenvalue weighted by Gasteiger charge is -2.52. The summed E-state index contributed by atoms with van der Waals surface area (Å²) in [5.41, 5.74) is 1.52. The molecule has 2 atom stereocenters. The maximum absolute atomic E-state index is 11.7. The first-order valence-corrected chi connectivity index (χ1v) is 9.66. The van der Waals surface area contributed by atoms with E-state index in [1.807, 2.05) is 24.5 Å². The molecular formula is C23H24N2O2. The minimum atomic E-state index is -0.826. The van der Waals surface area contributed by atoms with Crippen LogP contribution < -0.4 is 0 Å². The number of piperidine rings is 1. The van der Waals surface area contributed by atoms with Gasteiger partial charge in [0.15, 0.2) is 0 Å². The van der Waals surface area contributed by atoms with Crippen molar-refractivity contribution in [1.29, 1.82) is 0 Å². The van der Waals surface area contributed by atoms with Crippen molar-refractivity contribution in [3.63, 3.8) is 0 Å². The molecule has 0 amide bonds. The maximum Gasteiger partial charge on any atom is 0.0934 e. The summed E-state index contributed by atoms with van der Waals surface area (Å²) in [4.78, 5) is 6.76. The molecule has 4 nitrogen and oxygen atoms in total. The Morgan fingerprint density at radius 3 is 2.56 bits per heavy atom. The molecule has 2 saturated heterocycles. The van der Waals surface area contributed by atoms with Gasteiger partial charge >= 0.3 is 0 Å². The first-order chi connectivity index (χ1) is 13.2. The third-order valence-corrected chi connectivity index (χ3v) is 6.10. The molecule has 5 rings (SSSR count). The second kappa shape index (κ2) is 6.71. The van der Waals surface area contributed by atoms with Gasteiger partial charge in [-0.15, -0.1) is 0 Å². The molecule has 2 unspecified atom stereocenters. The zero-order chi connectivity index (χ0) is 18.3. The van der Waals surface area contributed by atoms with Crippen molar-refractivity contribution in [2.75, 3.05) is 13.2 Å². The van der Waals surface area contributed by atoms with E-state index in [1.54, 1.807) is 0 Å². The van der Waals surface area contributed by atoms with E-state index in [4.69, 9.17) is 4.74 Å². The number of fused-ring (bicyclic) bond motifs is 3. The van der Waals surface area contributed by atoms with E-state index in [2.05, 4.69) is 52.3 Å². The third-order valence-electron chi connectivity index (χ3n) is 6.10. The van der Waals surface area contributed by atoms with Crippen molar-refractivity contribution in [3.8, 4) is 0 Å². The van der Waals surface area contributed by atoms with Crippen LogP contribution in [0.15, 0.2) is 67.0 Å². The van der Waals surface area contributed by atoms with Crippen LogP contribution >= 0.6 is 0 Å². The van der Waals surface area contributed by atoms with Crippen molar-refractivity contribution in [1.82, 2.24) is 9.88 Å². The number of nitrogens with zero attached hydrogens (tertiary/aromatic N) is 2. The van der Waals surface area contributed by atoms with Crippen LogP contribution in [0.1, 0.15) is 24.0 Å². The minimum absolute atomic E-state index is 0.222. The molecule has 1 N–H and O–H groups in total. The lowest BCUT2D eigenvalue weighted by molar-refractivity contribution is -0.149. The zero-order valence-electron chi connectivity index (χ0n) is 15.3. The maximum atomic E-state index is 11.7. The normalized spacial score (nSPS) is 28.3. The van der Waals surface area contributed by atoms with Crippen LogP contribution in [-0.2, 0) is 16.9 Å². The number of aliphatic hydroxyl groups is 1. The van der Waals surface area contributed by atoms with E-state index in [-0.39, 0.29) is 12.1 Å². The van der Waals surface area contributed by atoms with Gasteiger partial charge in [0, 0.05) is 36.4 Å². The Kier molecular flexibility index (Phi) is 4.20. The zero-order valence-corrected chi connectivity index (χ0v) is 15.3. The molecule has 27 heavy (non-hydrogen) atoms. The summed E-state index contributed by atoms with van der Waals surface area (Å²) in [7, 11) is 0. The van der Waals surface area contributed by atoms with E-state index < -0.39 is 5.60 Å². The quantitative estimate of drug-likeness (QED) is 0.777. The fraction of sp³-hybridized carbons (Fsp3) is 0.348. The molecule has 3 aromatic rings. The highest BCUT2D eigenvalue weighted by molar-refractivity contribution is 5.85. The highest BCUT2D eigenvalue weighted by Crippen LogP contribution is 2.43. The van der Waals surface area contributed by atoms with Gasteiger partial charge in [0.05, 0.1) is 18.8 Å². The predicted molar refractivity (Wildman–Crippen MR) is 105 cm³/mol. The molecule has 2 bridgehead atoms. The summed E-state index contributed by atoms with van der Waals surface area (Å²) < 4.78 is 5.86. The molecule has 2 aliphatic rings. The lowest BCUT2D eigenvalue weighted by Crippen LogP contribution is -2.60. The van der Waals surface area contributed by atoms with Gasteiger partial charge in [-0.3, -0.25) is 9.88 Å². The number of ether oxygens (including phenoxy) is 1.